The SMILES string of the molecule is C=C(C)C(=O)OC(CC)P(C1CCCCC1)C1CCCCC1. The van der Waals surface area contributed by atoms with Crippen LogP contribution in [0.5, 0.6) is 0 Å². The van der Waals surface area contributed by atoms with Crippen molar-refractivity contribution in [3.63, 3.8) is 0 Å². The maximum atomic E-state index is 12.1. The van der Waals surface area contributed by atoms with Gasteiger partial charge in [-0.05, 0) is 50.3 Å². The third-order valence-electron chi connectivity index (χ3n) is 5.27. The van der Waals surface area contributed by atoms with E-state index in [1.165, 1.54) is 64.2 Å². The quantitative estimate of drug-likeness (QED) is 0.341. The third-order valence-corrected chi connectivity index (χ3v) is 9.12. The van der Waals surface area contributed by atoms with Gasteiger partial charge in [0, 0.05) is 5.57 Å². The van der Waals surface area contributed by atoms with Crippen LogP contribution in [0.2, 0.25) is 0 Å². The molecule has 1 unspecified atom stereocenters. The van der Waals surface area contributed by atoms with Crippen molar-refractivity contribution in [2.75, 3.05) is 0 Å². The molecular weight excluding hydrogens is 291 g/mol. The Balaban J connectivity index is 2.12. The highest BCUT2D eigenvalue weighted by Crippen LogP contribution is 2.60. The van der Waals surface area contributed by atoms with Crippen molar-refractivity contribution < 1.29 is 9.53 Å². The summed E-state index contributed by atoms with van der Waals surface area (Å²) in [5.41, 5.74) is 2.20. The molecule has 0 aromatic carbocycles. The van der Waals surface area contributed by atoms with E-state index in [4.69, 9.17) is 4.74 Å². The van der Waals surface area contributed by atoms with Crippen LogP contribution in [0.4, 0.5) is 0 Å². The molecule has 2 nitrogen and oxygen atoms in total. The molecule has 126 valence electrons. The molecule has 0 amide bonds. The molecule has 0 aliphatic heterocycles. The zero-order valence-corrected chi connectivity index (χ0v) is 15.4. The van der Waals surface area contributed by atoms with E-state index in [2.05, 4.69) is 13.5 Å². The lowest BCUT2D eigenvalue weighted by Crippen LogP contribution is -2.29. The van der Waals surface area contributed by atoms with Gasteiger partial charge in [0.25, 0.3) is 0 Å². The monoisotopic (exact) mass is 324 g/mol. The Hall–Kier alpha value is -0.360. The fourth-order valence-corrected chi connectivity index (χ4v) is 8.20. The van der Waals surface area contributed by atoms with Crippen molar-refractivity contribution in [1.82, 2.24) is 0 Å². The Morgan fingerprint density at radius 1 is 1.05 bits per heavy atom. The first-order valence-electron chi connectivity index (χ1n) is 9.27. The van der Waals surface area contributed by atoms with Crippen LogP contribution in [0.3, 0.4) is 0 Å². The smallest absolute Gasteiger partial charge is 0.333 e. The normalized spacial score (nSPS) is 22.5. The van der Waals surface area contributed by atoms with Crippen LogP contribution in [0.1, 0.15) is 84.5 Å². The largest absolute Gasteiger partial charge is 0.454 e. The molecule has 0 heterocycles. The van der Waals surface area contributed by atoms with Gasteiger partial charge in [-0.2, -0.15) is 0 Å². The predicted molar refractivity (Wildman–Crippen MR) is 95.7 cm³/mol. The van der Waals surface area contributed by atoms with Crippen LogP contribution in [-0.2, 0) is 9.53 Å². The lowest BCUT2D eigenvalue weighted by Gasteiger charge is -2.42. The summed E-state index contributed by atoms with van der Waals surface area (Å²) >= 11 is 0. The molecule has 0 bridgehead atoms. The Labute approximate surface area is 137 Å². The molecule has 3 heteroatoms. The van der Waals surface area contributed by atoms with E-state index in [0.29, 0.717) is 5.57 Å². The predicted octanol–water partition coefficient (Wildman–Crippen LogP) is 5.99. The molecule has 2 rings (SSSR count). The van der Waals surface area contributed by atoms with Crippen LogP contribution in [-0.4, -0.2) is 23.1 Å². The van der Waals surface area contributed by atoms with Crippen molar-refractivity contribution in [3.05, 3.63) is 12.2 Å². The van der Waals surface area contributed by atoms with Crippen LogP contribution >= 0.6 is 7.92 Å². The number of carbonyl (C=O) groups excluding carboxylic acids is 1. The van der Waals surface area contributed by atoms with Gasteiger partial charge >= 0.3 is 5.97 Å². The minimum absolute atomic E-state index is 0.158. The molecule has 0 saturated heterocycles. The Morgan fingerprint density at radius 3 is 1.86 bits per heavy atom. The average Bonchev–Trinajstić information content (AvgIpc) is 2.56. The van der Waals surface area contributed by atoms with Gasteiger partial charge in [0.1, 0.15) is 5.85 Å². The van der Waals surface area contributed by atoms with Gasteiger partial charge in [0.2, 0.25) is 0 Å². The van der Waals surface area contributed by atoms with Gasteiger partial charge < -0.3 is 4.74 Å². The first-order valence-corrected chi connectivity index (χ1v) is 10.8. The lowest BCUT2D eigenvalue weighted by atomic mass is 9.99. The summed E-state index contributed by atoms with van der Waals surface area (Å²) in [6, 6.07) is 0. The van der Waals surface area contributed by atoms with Crippen molar-refractivity contribution in [3.8, 4) is 0 Å². The minimum Gasteiger partial charge on any atom is -0.454 e. The summed E-state index contributed by atoms with van der Waals surface area (Å²) in [5.74, 6) is -0.0173. The number of hydrogen-bond acceptors (Lipinski definition) is 2. The van der Waals surface area contributed by atoms with Crippen molar-refractivity contribution in [2.45, 2.75) is 102 Å². The van der Waals surface area contributed by atoms with Crippen LogP contribution in [0.15, 0.2) is 12.2 Å². The number of esters is 1. The maximum Gasteiger partial charge on any atom is 0.333 e. The molecule has 0 spiro atoms. The molecule has 2 aliphatic rings. The topological polar surface area (TPSA) is 26.3 Å². The molecule has 2 aliphatic carbocycles. The van der Waals surface area contributed by atoms with E-state index in [9.17, 15) is 4.79 Å². The number of rotatable bonds is 6. The van der Waals surface area contributed by atoms with E-state index >= 15 is 0 Å². The first-order chi connectivity index (χ1) is 10.6. The fourth-order valence-electron chi connectivity index (χ4n) is 4.11. The summed E-state index contributed by atoms with van der Waals surface area (Å²) < 4.78 is 5.92. The van der Waals surface area contributed by atoms with Gasteiger partial charge in [0.05, 0.1) is 0 Å². The van der Waals surface area contributed by atoms with E-state index in [-0.39, 0.29) is 19.7 Å². The van der Waals surface area contributed by atoms with E-state index in [1.54, 1.807) is 6.92 Å². The summed E-state index contributed by atoms with van der Waals surface area (Å²) in [6.45, 7) is 7.71. The number of ether oxygens (including phenoxy) is 1. The Morgan fingerprint density at radius 2 is 1.50 bits per heavy atom. The second-order valence-electron chi connectivity index (χ2n) is 7.08. The number of hydrogen-bond donors (Lipinski definition) is 0. The van der Waals surface area contributed by atoms with Crippen LogP contribution in [0, 0.1) is 0 Å². The molecule has 0 N–H and O–H groups in total. The van der Waals surface area contributed by atoms with Crippen molar-refractivity contribution in [1.29, 1.82) is 0 Å². The zero-order valence-electron chi connectivity index (χ0n) is 14.5. The highest BCUT2D eigenvalue weighted by molar-refractivity contribution is 7.59. The molecule has 0 aromatic rings. The van der Waals surface area contributed by atoms with Gasteiger partial charge in [-0.3, -0.25) is 0 Å². The lowest BCUT2D eigenvalue weighted by molar-refractivity contribution is -0.140. The van der Waals surface area contributed by atoms with Gasteiger partial charge in [0.15, 0.2) is 0 Å². The molecular formula is C19H33O2P. The van der Waals surface area contributed by atoms with Gasteiger partial charge in [-0.25, -0.2) is 4.79 Å². The first kappa shape index (κ1) is 18.0. The summed E-state index contributed by atoms with van der Waals surface area (Å²) in [6.07, 6.45) is 14.7. The average molecular weight is 324 g/mol. The summed E-state index contributed by atoms with van der Waals surface area (Å²) in [4.78, 5) is 12.1. The van der Waals surface area contributed by atoms with Gasteiger partial charge in [-0.15, -0.1) is 0 Å². The van der Waals surface area contributed by atoms with Crippen molar-refractivity contribution in [2.24, 2.45) is 0 Å². The molecule has 2 fully saturated rings. The van der Waals surface area contributed by atoms with E-state index < -0.39 is 0 Å². The van der Waals surface area contributed by atoms with E-state index in [1.807, 2.05) is 0 Å². The van der Waals surface area contributed by atoms with Gasteiger partial charge in [-0.1, -0.05) is 59.9 Å². The Bertz CT molecular complexity index is 350. The molecule has 0 aromatic heterocycles. The standard InChI is InChI=1S/C19H33O2P/c1-4-18(21-19(20)15(2)3)22(16-11-7-5-8-12-16)17-13-9-6-10-14-17/h16-18H,2,4-14H2,1,3H3. The molecule has 2 saturated carbocycles. The molecule has 22 heavy (non-hydrogen) atoms. The molecule has 0 radical (unpaired) electrons. The second-order valence-corrected chi connectivity index (χ2v) is 10.0. The third kappa shape index (κ3) is 4.82. The highest BCUT2D eigenvalue weighted by Gasteiger charge is 2.37. The second kappa shape index (κ2) is 9.06. The van der Waals surface area contributed by atoms with Crippen LogP contribution in [0.25, 0.3) is 0 Å². The van der Waals surface area contributed by atoms with Crippen LogP contribution < -0.4 is 0 Å². The Kier molecular flexibility index (Phi) is 7.41. The molecule has 1 atom stereocenters. The highest BCUT2D eigenvalue weighted by atomic mass is 31.1. The summed E-state index contributed by atoms with van der Waals surface area (Å²) in [7, 11) is -0.202. The summed E-state index contributed by atoms with van der Waals surface area (Å²) in [5, 5.41) is 0. The van der Waals surface area contributed by atoms with Crippen molar-refractivity contribution >= 4 is 13.9 Å². The zero-order chi connectivity index (χ0) is 15.9. The van der Waals surface area contributed by atoms with E-state index in [0.717, 1.165) is 17.7 Å². The minimum atomic E-state index is -0.202. The number of carbonyl (C=O) groups is 1. The maximum absolute atomic E-state index is 12.1. The fraction of sp³-hybridized carbons (Fsp3) is 0.842.